The van der Waals surface area contributed by atoms with E-state index in [2.05, 4.69) is 0 Å². The summed E-state index contributed by atoms with van der Waals surface area (Å²) in [4.78, 5) is 48.0. The molecule has 133 valence electrons. The number of rotatable bonds is 0. The van der Waals surface area contributed by atoms with Gasteiger partial charge < -0.3 is 73.0 Å². The van der Waals surface area contributed by atoms with Gasteiger partial charge in [-0.25, -0.2) is 0 Å². The first-order chi connectivity index (χ1) is 8.49. The molecule has 0 amide bonds. The van der Waals surface area contributed by atoms with Gasteiger partial charge in [0.05, 0.1) is 0 Å². The molecule has 0 spiro atoms. The predicted octanol–water partition coefficient (Wildman–Crippen LogP) is 2.25. The number of quaternary nitrogens is 2. The van der Waals surface area contributed by atoms with Gasteiger partial charge in [-0.3, -0.25) is 0 Å². The Bertz CT molecular complexity index is 117. The van der Waals surface area contributed by atoms with Crippen molar-refractivity contribution in [1.82, 2.24) is 12.3 Å². The average Bonchev–Trinajstić information content (AvgIpc) is 2.23. The van der Waals surface area contributed by atoms with E-state index in [4.69, 9.17) is 60.7 Å². The van der Waals surface area contributed by atoms with Crippen LogP contribution in [0.5, 0.6) is 0 Å². The second-order valence-electron chi connectivity index (χ2n) is 0.447. The van der Waals surface area contributed by atoms with Crippen LogP contribution in [-0.2, 0) is 19.5 Å². The minimum atomic E-state index is 0. The summed E-state index contributed by atoms with van der Waals surface area (Å²) in [6, 6.07) is 0. The Balaban J connectivity index is -0.0000000114. The van der Waals surface area contributed by atoms with Crippen LogP contribution < -0.4 is 12.3 Å². The van der Waals surface area contributed by atoms with E-state index in [-0.39, 0.29) is 31.8 Å². The van der Waals surface area contributed by atoms with Gasteiger partial charge >= 0.3 is 0 Å². The summed E-state index contributed by atoms with van der Waals surface area (Å²) in [5.74, 6) is 0. The van der Waals surface area contributed by atoms with Gasteiger partial charge in [0, 0.05) is 19.5 Å². The summed E-state index contributed by atoms with van der Waals surface area (Å²) >= 11 is 0. The molecule has 0 aromatic rings. The second-order valence-corrected chi connectivity index (χ2v) is 0.447. The molecular weight excluding hydrogens is 407 g/mol. The Labute approximate surface area is 125 Å². The molecule has 0 fully saturated rings. The van der Waals surface area contributed by atoms with Crippen molar-refractivity contribution in [2.45, 2.75) is 0 Å². The molecule has 0 aliphatic carbocycles. The van der Waals surface area contributed by atoms with Crippen LogP contribution in [0, 0.1) is 60.7 Å². The Kier molecular flexibility index (Phi) is 1520. The van der Waals surface area contributed by atoms with Crippen LogP contribution in [0.25, 0.3) is 0 Å². The molecule has 0 rings (SSSR count). The van der Waals surface area contributed by atoms with Crippen molar-refractivity contribution in [1.29, 1.82) is 0 Å². The minimum absolute atomic E-state index is 0. The zero-order chi connectivity index (χ0) is 16.2. The van der Waals surface area contributed by atoms with Gasteiger partial charge in [0.1, 0.15) is 0 Å². The third-order valence-electron chi connectivity index (χ3n) is 0. The summed E-state index contributed by atoms with van der Waals surface area (Å²) < 4.78 is 0. The van der Waals surface area contributed by atoms with Gasteiger partial charge in [0.2, 0.25) is 0 Å². The SMILES string of the molecule is O=N[O-].O=N[O-].O=N[O-].O=N[O-].O=N[O-].O=N[O-].[NH4+].[NH4+].[Rh]. The third kappa shape index (κ3) is 405. The Hall–Kier alpha value is -3.06. The largest absolute Gasteiger partial charge is 0.444 e. The van der Waals surface area contributed by atoms with Crippen LogP contribution in [0.1, 0.15) is 0 Å². The normalized spacial score (nSPS) is 3.43. The second kappa shape index (κ2) is 497. The molecule has 21 heavy (non-hydrogen) atoms. The summed E-state index contributed by atoms with van der Waals surface area (Å²) in [5.41, 5.74) is 0. The third-order valence-corrected chi connectivity index (χ3v) is 0. The summed E-state index contributed by atoms with van der Waals surface area (Å²) in [6.45, 7) is 0. The van der Waals surface area contributed by atoms with Gasteiger partial charge in [-0.1, -0.05) is 0 Å². The maximum Gasteiger partial charge on any atom is 0 e. The van der Waals surface area contributed by atoms with E-state index in [1.165, 1.54) is 0 Å². The first-order valence-corrected chi connectivity index (χ1v) is 2.19. The molecule has 0 saturated heterocycles. The number of hydrogen-bond donors (Lipinski definition) is 2. The van der Waals surface area contributed by atoms with Crippen LogP contribution in [0.2, 0.25) is 0 Å². The number of nitrogens with zero attached hydrogens (tertiary/aromatic N) is 6. The molecule has 20 nitrogen and oxygen atoms in total. The number of hydrogen-bond acceptors (Lipinski definition) is 18. The van der Waals surface area contributed by atoms with Gasteiger partial charge in [0.25, 0.3) is 0 Å². The smallest absolute Gasteiger partial charge is 0 e. The molecule has 0 aliphatic rings. The fourth-order valence-corrected chi connectivity index (χ4v) is 0. The van der Waals surface area contributed by atoms with E-state index >= 15 is 0 Å². The molecule has 0 aromatic carbocycles. The average molecular weight is 415 g/mol. The summed E-state index contributed by atoms with van der Waals surface area (Å²) in [5, 5.41) is 54.0. The van der Waals surface area contributed by atoms with E-state index in [1.54, 1.807) is 0 Å². The van der Waals surface area contributed by atoms with E-state index in [0.717, 1.165) is 32.0 Å². The molecule has 0 saturated carbocycles. The van der Waals surface area contributed by atoms with Crippen LogP contribution in [0.15, 0.2) is 32.0 Å². The summed E-state index contributed by atoms with van der Waals surface area (Å²) in [6.07, 6.45) is 0. The van der Waals surface area contributed by atoms with Crippen LogP contribution in [0.4, 0.5) is 0 Å². The van der Waals surface area contributed by atoms with E-state index in [1.807, 2.05) is 0 Å². The Morgan fingerprint density at radius 3 is 0.381 bits per heavy atom. The standard InChI is InChI=1S/6HNO2.2H3N.Rh/c6*2-1-3;;;/h6*(H,2,3);2*1H3;/p-4. The van der Waals surface area contributed by atoms with Crippen LogP contribution >= 0.6 is 0 Å². The first kappa shape index (κ1) is 64.4. The Morgan fingerprint density at radius 2 is 0.381 bits per heavy atom. The zero-order valence-corrected chi connectivity index (χ0v) is 11.6. The van der Waals surface area contributed by atoms with Crippen molar-refractivity contribution in [3.8, 4) is 0 Å². The van der Waals surface area contributed by atoms with Crippen molar-refractivity contribution in [2.24, 2.45) is 32.0 Å². The van der Waals surface area contributed by atoms with Gasteiger partial charge in [-0.15, -0.1) is 32.0 Å². The van der Waals surface area contributed by atoms with E-state index in [9.17, 15) is 0 Å². The predicted molar refractivity (Wildman–Crippen MR) is 66.9 cm³/mol. The van der Waals surface area contributed by atoms with Crippen molar-refractivity contribution >= 4 is 0 Å². The molecule has 8 N–H and O–H groups in total. The van der Waals surface area contributed by atoms with E-state index in [0.29, 0.717) is 0 Å². The van der Waals surface area contributed by atoms with Crippen molar-refractivity contribution < 1.29 is 19.5 Å². The van der Waals surface area contributed by atoms with Crippen molar-refractivity contribution in [3.05, 3.63) is 60.7 Å². The summed E-state index contributed by atoms with van der Waals surface area (Å²) in [7, 11) is 0. The maximum absolute atomic E-state index is 8.00. The van der Waals surface area contributed by atoms with Crippen molar-refractivity contribution in [2.75, 3.05) is 0 Å². The molecule has 0 aromatic heterocycles. The first-order valence-electron chi connectivity index (χ1n) is 2.19. The quantitative estimate of drug-likeness (QED) is 0.326. The van der Waals surface area contributed by atoms with Crippen LogP contribution in [0.3, 0.4) is 0 Å². The molecule has 21 heteroatoms. The monoisotopic (exact) mass is 415 g/mol. The van der Waals surface area contributed by atoms with Crippen molar-refractivity contribution in [3.63, 3.8) is 0 Å². The molecule has 0 aliphatic heterocycles. The zero-order valence-electron chi connectivity index (χ0n) is 9.92. The topological polar surface area (TPSA) is 388 Å². The van der Waals surface area contributed by atoms with Gasteiger partial charge in [-0.05, 0) is 0 Å². The van der Waals surface area contributed by atoms with E-state index < -0.39 is 0 Å². The molecular formula is H8N8O12Rh-4. The van der Waals surface area contributed by atoms with Crippen LogP contribution in [-0.4, -0.2) is 0 Å². The fourth-order valence-electron chi connectivity index (χ4n) is 0. The maximum atomic E-state index is 8.00. The minimum Gasteiger partial charge on any atom is -0.444 e. The molecule has 0 atom stereocenters. The van der Waals surface area contributed by atoms with Gasteiger partial charge in [0.15, 0.2) is 0 Å². The molecule has 1 radical (unpaired) electrons. The molecule has 0 heterocycles. The molecule has 0 unspecified atom stereocenters. The molecule has 0 bridgehead atoms. The Morgan fingerprint density at radius 1 is 0.381 bits per heavy atom. The fraction of sp³-hybridized carbons (Fsp3) is 0. The van der Waals surface area contributed by atoms with Gasteiger partial charge in [-0.2, -0.15) is 0 Å².